The zero-order valence-corrected chi connectivity index (χ0v) is 8.47. The van der Waals surface area contributed by atoms with Crippen LogP contribution in [0.1, 0.15) is 13.3 Å². The molecular weight excluding hydrogens is 182 g/mol. The average Bonchev–Trinajstić information content (AvgIpc) is 1.97. The molecule has 0 saturated heterocycles. The molecule has 0 aliphatic carbocycles. The molecule has 4 heteroatoms. The van der Waals surface area contributed by atoms with Gasteiger partial charge in [0.1, 0.15) is 0 Å². The second kappa shape index (κ2) is 6.80. The van der Waals surface area contributed by atoms with Crippen molar-refractivity contribution in [2.24, 2.45) is 0 Å². The van der Waals surface area contributed by atoms with Crippen molar-refractivity contribution in [3.63, 3.8) is 0 Å². The van der Waals surface area contributed by atoms with Crippen molar-refractivity contribution in [1.29, 1.82) is 0 Å². The summed E-state index contributed by atoms with van der Waals surface area (Å²) in [7, 11) is 0. The summed E-state index contributed by atoms with van der Waals surface area (Å²) in [6, 6.07) is 0. The number of amides is 1. The maximum absolute atomic E-state index is 10.9. The summed E-state index contributed by atoms with van der Waals surface area (Å²) in [5, 5.41) is 2.75. The second-order valence-corrected chi connectivity index (χ2v) is 4.06. The van der Waals surface area contributed by atoms with E-state index in [4.69, 9.17) is 11.6 Å². The van der Waals surface area contributed by atoms with Crippen LogP contribution in [0.2, 0.25) is 0 Å². The van der Waals surface area contributed by atoms with Gasteiger partial charge in [-0.15, -0.1) is 11.6 Å². The van der Waals surface area contributed by atoms with Crippen LogP contribution >= 0.6 is 23.4 Å². The molecule has 0 radical (unpaired) electrons. The molecule has 0 aromatic rings. The van der Waals surface area contributed by atoms with E-state index in [0.717, 1.165) is 5.75 Å². The van der Waals surface area contributed by atoms with E-state index in [1.165, 1.54) is 0 Å². The Kier molecular flexibility index (Phi) is 6.87. The van der Waals surface area contributed by atoms with Gasteiger partial charge in [-0.3, -0.25) is 4.79 Å². The molecule has 1 N–H and O–H groups in total. The molecule has 0 aliphatic heterocycles. The first-order valence-electron chi connectivity index (χ1n) is 3.56. The van der Waals surface area contributed by atoms with Crippen LogP contribution in [0.25, 0.3) is 0 Å². The normalized spacial score (nSPS) is 12.6. The number of carbonyl (C=O) groups excluding carboxylic acids is 1. The smallest absolute Gasteiger partial charge is 0.220 e. The van der Waals surface area contributed by atoms with Crippen molar-refractivity contribution in [2.45, 2.75) is 18.7 Å². The largest absolute Gasteiger partial charge is 0.355 e. The zero-order chi connectivity index (χ0) is 8.69. The van der Waals surface area contributed by atoms with Gasteiger partial charge < -0.3 is 5.32 Å². The Morgan fingerprint density at radius 1 is 1.73 bits per heavy atom. The third-order valence-electron chi connectivity index (χ3n) is 1.11. The Morgan fingerprint density at radius 3 is 2.82 bits per heavy atom. The van der Waals surface area contributed by atoms with E-state index in [0.29, 0.717) is 13.0 Å². The first-order valence-corrected chi connectivity index (χ1v) is 5.39. The third-order valence-corrected chi connectivity index (χ3v) is 1.88. The standard InChI is InChI=1S/C7H14ClNOS/c1-6(8)5-9-7(10)3-4-11-2/h6H,3-5H2,1-2H3,(H,9,10). The summed E-state index contributed by atoms with van der Waals surface area (Å²) in [6.07, 6.45) is 2.57. The molecule has 0 saturated carbocycles. The van der Waals surface area contributed by atoms with Crippen molar-refractivity contribution in [3.8, 4) is 0 Å². The van der Waals surface area contributed by atoms with E-state index >= 15 is 0 Å². The van der Waals surface area contributed by atoms with Gasteiger partial charge in [0, 0.05) is 24.1 Å². The van der Waals surface area contributed by atoms with Crippen LogP contribution in [0.15, 0.2) is 0 Å². The molecule has 2 nitrogen and oxygen atoms in total. The molecule has 0 rings (SSSR count). The number of alkyl halides is 1. The lowest BCUT2D eigenvalue weighted by molar-refractivity contribution is -0.120. The van der Waals surface area contributed by atoms with Gasteiger partial charge in [0.2, 0.25) is 5.91 Å². The van der Waals surface area contributed by atoms with Crippen molar-refractivity contribution in [1.82, 2.24) is 5.32 Å². The fourth-order valence-corrected chi connectivity index (χ4v) is 1.00. The predicted octanol–water partition coefficient (Wildman–Crippen LogP) is 1.48. The van der Waals surface area contributed by atoms with E-state index in [2.05, 4.69) is 5.32 Å². The number of hydrogen-bond donors (Lipinski definition) is 1. The van der Waals surface area contributed by atoms with Gasteiger partial charge in [-0.1, -0.05) is 0 Å². The molecule has 1 unspecified atom stereocenters. The molecule has 1 amide bonds. The highest BCUT2D eigenvalue weighted by Gasteiger charge is 2.01. The topological polar surface area (TPSA) is 29.1 Å². The predicted molar refractivity (Wildman–Crippen MR) is 51.3 cm³/mol. The minimum absolute atomic E-state index is 0.0215. The SMILES string of the molecule is CSCCC(=O)NCC(C)Cl. The quantitative estimate of drug-likeness (QED) is 0.674. The van der Waals surface area contributed by atoms with Crippen LogP contribution in [0, 0.1) is 0 Å². The van der Waals surface area contributed by atoms with Crippen molar-refractivity contribution >= 4 is 29.3 Å². The highest BCUT2D eigenvalue weighted by atomic mass is 35.5. The van der Waals surface area contributed by atoms with Gasteiger partial charge in [0.05, 0.1) is 0 Å². The Morgan fingerprint density at radius 2 is 2.36 bits per heavy atom. The Hall–Kier alpha value is 0.110. The molecule has 0 aromatic carbocycles. The average molecular weight is 196 g/mol. The van der Waals surface area contributed by atoms with E-state index in [1.54, 1.807) is 11.8 Å². The molecular formula is C7H14ClNOS. The molecule has 0 heterocycles. The monoisotopic (exact) mass is 195 g/mol. The lowest BCUT2D eigenvalue weighted by Crippen LogP contribution is -2.28. The number of halogens is 1. The van der Waals surface area contributed by atoms with Crippen LogP contribution in [0.4, 0.5) is 0 Å². The van der Waals surface area contributed by atoms with Gasteiger partial charge in [0.15, 0.2) is 0 Å². The molecule has 0 aromatic heterocycles. The summed E-state index contributed by atoms with van der Waals surface area (Å²) in [6.45, 7) is 2.42. The van der Waals surface area contributed by atoms with Crippen LogP contribution in [-0.2, 0) is 4.79 Å². The minimum Gasteiger partial charge on any atom is -0.355 e. The number of carbonyl (C=O) groups is 1. The molecule has 1 atom stereocenters. The summed E-state index contributed by atoms with van der Waals surface area (Å²) in [4.78, 5) is 10.9. The molecule has 11 heavy (non-hydrogen) atoms. The molecule has 0 aliphatic rings. The minimum atomic E-state index is 0.0215. The molecule has 0 fully saturated rings. The number of rotatable bonds is 5. The first-order chi connectivity index (χ1) is 5.16. The van der Waals surface area contributed by atoms with Crippen molar-refractivity contribution in [2.75, 3.05) is 18.6 Å². The second-order valence-electron chi connectivity index (χ2n) is 2.33. The van der Waals surface area contributed by atoms with E-state index in [-0.39, 0.29) is 11.3 Å². The van der Waals surface area contributed by atoms with E-state index in [1.807, 2.05) is 13.2 Å². The Bertz CT molecular complexity index is 119. The van der Waals surface area contributed by atoms with Gasteiger partial charge in [0.25, 0.3) is 0 Å². The first kappa shape index (κ1) is 11.1. The molecule has 0 spiro atoms. The van der Waals surface area contributed by atoms with Gasteiger partial charge in [-0.25, -0.2) is 0 Å². The maximum Gasteiger partial charge on any atom is 0.220 e. The van der Waals surface area contributed by atoms with Crippen LogP contribution in [0.3, 0.4) is 0 Å². The summed E-state index contributed by atoms with van der Waals surface area (Å²) < 4.78 is 0. The summed E-state index contributed by atoms with van der Waals surface area (Å²) in [5.74, 6) is 0.967. The van der Waals surface area contributed by atoms with Crippen molar-refractivity contribution in [3.05, 3.63) is 0 Å². The molecule has 0 bridgehead atoms. The maximum atomic E-state index is 10.9. The van der Waals surface area contributed by atoms with Crippen LogP contribution in [-0.4, -0.2) is 29.8 Å². The van der Waals surface area contributed by atoms with Crippen LogP contribution in [0.5, 0.6) is 0 Å². The summed E-state index contributed by atoms with van der Waals surface area (Å²) >= 11 is 7.31. The lowest BCUT2D eigenvalue weighted by atomic mass is 10.4. The highest BCUT2D eigenvalue weighted by molar-refractivity contribution is 7.98. The highest BCUT2D eigenvalue weighted by Crippen LogP contribution is 1.95. The number of hydrogen-bond acceptors (Lipinski definition) is 2. The summed E-state index contributed by atoms with van der Waals surface area (Å²) in [5.41, 5.74) is 0. The van der Waals surface area contributed by atoms with E-state index in [9.17, 15) is 4.79 Å². The van der Waals surface area contributed by atoms with Gasteiger partial charge in [-0.2, -0.15) is 11.8 Å². The zero-order valence-electron chi connectivity index (χ0n) is 6.89. The fourth-order valence-electron chi connectivity index (χ4n) is 0.538. The number of thioether (sulfide) groups is 1. The van der Waals surface area contributed by atoms with Crippen LogP contribution < -0.4 is 5.32 Å². The number of nitrogens with one attached hydrogen (secondary N) is 1. The Labute approximate surface area is 77.1 Å². The third kappa shape index (κ3) is 8.01. The lowest BCUT2D eigenvalue weighted by Gasteiger charge is -2.04. The van der Waals surface area contributed by atoms with E-state index < -0.39 is 0 Å². The fraction of sp³-hybridized carbons (Fsp3) is 0.857. The Balaban J connectivity index is 3.23. The van der Waals surface area contributed by atoms with Crippen molar-refractivity contribution < 1.29 is 4.79 Å². The van der Waals surface area contributed by atoms with Gasteiger partial charge in [-0.05, 0) is 13.2 Å². The van der Waals surface area contributed by atoms with Gasteiger partial charge >= 0.3 is 0 Å². The molecule has 66 valence electrons.